The van der Waals surface area contributed by atoms with E-state index in [0.717, 1.165) is 25.2 Å². The number of thiocarbonyl (C=S) groups is 1. The minimum Gasteiger partial charge on any atom is -0.389 e. The van der Waals surface area contributed by atoms with Gasteiger partial charge in [-0.3, -0.25) is 4.90 Å². The topological polar surface area (TPSA) is 32.5 Å². The van der Waals surface area contributed by atoms with Crippen LogP contribution in [-0.2, 0) is 0 Å². The zero-order valence-corrected chi connectivity index (χ0v) is 12.8. The van der Waals surface area contributed by atoms with Crippen molar-refractivity contribution in [1.82, 2.24) is 4.90 Å². The number of nitrogens with zero attached hydrogens (tertiary/aromatic N) is 2. The Hall–Kier alpha value is -1.13. The summed E-state index contributed by atoms with van der Waals surface area (Å²) in [5.74, 6) is 0. The molecule has 1 aromatic rings. The van der Waals surface area contributed by atoms with Crippen molar-refractivity contribution < 1.29 is 0 Å². The van der Waals surface area contributed by atoms with Crippen LogP contribution in [0.25, 0.3) is 0 Å². The molecule has 0 aromatic heterocycles. The van der Waals surface area contributed by atoms with E-state index in [1.807, 2.05) is 6.07 Å². The number of hydrogen-bond donors (Lipinski definition) is 1. The minimum absolute atomic E-state index is 0.472. The predicted molar refractivity (Wildman–Crippen MR) is 86.0 cm³/mol. The second kappa shape index (κ2) is 5.88. The van der Waals surface area contributed by atoms with Crippen molar-refractivity contribution in [3.8, 4) is 0 Å². The number of rotatable bonds is 3. The van der Waals surface area contributed by atoms with Crippen LogP contribution in [0.1, 0.15) is 24.5 Å². The van der Waals surface area contributed by atoms with Gasteiger partial charge in [0.25, 0.3) is 0 Å². The average molecular weight is 277 g/mol. The summed E-state index contributed by atoms with van der Waals surface area (Å²) in [6, 6.07) is 6.92. The highest BCUT2D eigenvalue weighted by molar-refractivity contribution is 7.80. The van der Waals surface area contributed by atoms with Crippen molar-refractivity contribution in [1.29, 1.82) is 0 Å². The number of aryl methyl sites for hydroxylation is 1. The number of benzene rings is 1. The van der Waals surface area contributed by atoms with Gasteiger partial charge in [0.2, 0.25) is 0 Å². The van der Waals surface area contributed by atoms with Crippen LogP contribution < -0.4 is 10.6 Å². The van der Waals surface area contributed by atoms with Crippen LogP contribution in [0.4, 0.5) is 5.69 Å². The largest absolute Gasteiger partial charge is 0.389 e. The fourth-order valence-electron chi connectivity index (χ4n) is 2.77. The highest BCUT2D eigenvalue weighted by atomic mass is 32.1. The second-order valence-corrected chi connectivity index (χ2v) is 5.79. The van der Waals surface area contributed by atoms with Crippen molar-refractivity contribution in [2.45, 2.75) is 26.3 Å². The number of hydrogen-bond acceptors (Lipinski definition) is 3. The van der Waals surface area contributed by atoms with E-state index < -0.39 is 0 Å². The Morgan fingerprint density at radius 2 is 2.16 bits per heavy atom. The smallest absolute Gasteiger partial charge is 0.103 e. The first-order valence-corrected chi connectivity index (χ1v) is 7.29. The fraction of sp³-hybridized carbons (Fsp3) is 0.533. The van der Waals surface area contributed by atoms with Gasteiger partial charge in [-0.1, -0.05) is 19.1 Å². The first-order chi connectivity index (χ1) is 9.02. The van der Waals surface area contributed by atoms with E-state index in [-0.39, 0.29) is 0 Å². The maximum Gasteiger partial charge on any atom is 0.103 e. The summed E-state index contributed by atoms with van der Waals surface area (Å²) in [7, 11) is 2.22. The van der Waals surface area contributed by atoms with E-state index in [1.165, 1.54) is 17.7 Å². The molecule has 0 aliphatic carbocycles. The Morgan fingerprint density at radius 1 is 1.42 bits per heavy atom. The minimum atomic E-state index is 0.472. The maximum atomic E-state index is 5.68. The first kappa shape index (κ1) is 14.3. The summed E-state index contributed by atoms with van der Waals surface area (Å²) in [6.07, 6.45) is 1.19. The molecule has 0 spiro atoms. The molecule has 1 unspecified atom stereocenters. The van der Waals surface area contributed by atoms with Crippen LogP contribution in [0.3, 0.4) is 0 Å². The molecule has 1 heterocycles. The normalized spacial score (nSPS) is 20.6. The van der Waals surface area contributed by atoms with Crippen LogP contribution in [-0.4, -0.2) is 42.6 Å². The van der Waals surface area contributed by atoms with Crippen molar-refractivity contribution in [3.05, 3.63) is 29.3 Å². The molecule has 4 heteroatoms. The Morgan fingerprint density at radius 3 is 2.74 bits per heavy atom. The van der Waals surface area contributed by atoms with Crippen LogP contribution in [0.2, 0.25) is 0 Å². The highest BCUT2D eigenvalue weighted by Crippen LogP contribution is 2.24. The van der Waals surface area contributed by atoms with E-state index in [0.29, 0.717) is 11.0 Å². The predicted octanol–water partition coefficient (Wildman–Crippen LogP) is 2.16. The lowest BCUT2D eigenvalue weighted by Crippen LogP contribution is -2.51. The van der Waals surface area contributed by atoms with Gasteiger partial charge < -0.3 is 10.6 Å². The Balaban J connectivity index is 2.20. The van der Waals surface area contributed by atoms with Crippen molar-refractivity contribution >= 4 is 22.9 Å². The van der Waals surface area contributed by atoms with Crippen LogP contribution in [0.15, 0.2) is 18.2 Å². The molecule has 1 atom stereocenters. The molecule has 0 radical (unpaired) electrons. The molecule has 1 fully saturated rings. The number of anilines is 1. The zero-order valence-electron chi connectivity index (χ0n) is 12.0. The molecule has 1 saturated heterocycles. The SMILES string of the molecule is CCC1CN(c2ccc(C(N)=S)cc2C)CCN1C. The summed E-state index contributed by atoms with van der Waals surface area (Å²) in [6.45, 7) is 7.69. The van der Waals surface area contributed by atoms with Gasteiger partial charge in [-0.15, -0.1) is 0 Å². The lowest BCUT2D eigenvalue weighted by molar-refractivity contribution is 0.213. The van der Waals surface area contributed by atoms with E-state index >= 15 is 0 Å². The fourth-order valence-corrected chi connectivity index (χ4v) is 2.90. The molecule has 1 aliphatic rings. The number of nitrogens with two attached hydrogens (primary N) is 1. The zero-order chi connectivity index (χ0) is 14.0. The van der Waals surface area contributed by atoms with Gasteiger partial charge >= 0.3 is 0 Å². The van der Waals surface area contributed by atoms with Crippen molar-refractivity contribution in [2.24, 2.45) is 5.73 Å². The highest BCUT2D eigenvalue weighted by Gasteiger charge is 2.23. The van der Waals surface area contributed by atoms with Gasteiger partial charge in [-0.05, 0) is 44.2 Å². The van der Waals surface area contributed by atoms with Gasteiger partial charge in [0, 0.05) is 36.9 Å². The Bertz CT molecular complexity index is 472. The third-order valence-corrected chi connectivity index (χ3v) is 4.31. The summed E-state index contributed by atoms with van der Waals surface area (Å²) < 4.78 is 0. The molecule has 0 bridgehead atoms. The lowest BCUT2D eigenvalue weighted by Gasteiger charge is -2.41. The standard InChI is InChI=1S/C15H23N3S/c1-4-13-10-18(8-7-17(13)3)14-6-5-12(15(16)19)9-11(14)2/h5-6,9,13H,4,7-8,10H2,1-3H3,(H2,16,19). The molecule has 0 saturated carbocycles. The van der Waals surface area contributed by atoms with Crippen LogP contribution >= 0.6 is 12.2 Å². The third kappa shape index (κ3) is 3.07. The van der Waals surface area contributed by atoms with Gasteiger partial charge in [-0.25, -0.2) is 0 Å². The van der Waals surface area contributed by atoms with E-state index in [1.54, 1.807) is 0 Å². The summed E-state index contributed by atoms with van der Waals surface area (Å²) in [5.41, 5.74) is 9.21. The van der Waals surface area contributed by atoms with Gasteiger partial charge in [0.1, 0.15) is 4.99 Å². The molecule has 0 amide bonds. The number of likely N-dealkylation sites (N-methyl/N-ethyl adjacent to an activating group) is 1. The Labute approximate surface area is 121 Å². The van der Waals surface area contributed by atoms with Gasteiger partial charge in [-0.2, -0.15) is 0 Å². The molecule has 2 rings (SSSR count). The lowest BCUT2D eigenvalue weighted by atomic mass is 10.1. The molecular formula is C15H23N3S. The molecule has 104 valence electrons. The van der Waals surface area contributed by atoms with Gasteiger partial charge in [0.05, 0.1) is 0 Å². The van der Waals surface area contributed by atoms with E-state index in [2.05, 4.69) is 42.8 Å². The molecule has 1 aliphatic heterocycles. The Kier molecular flexibility index (Phi) is 4.42. The second-order valence-electron chi connectivity index (χ2n) is 5.35. The van der Waals surface area contributed by atoms with Crippen LogP contribution in [0.5, 0.6) is 0 Å². The van der Waals surface area contributed by atoms with Crippen LogP contribution in [0, 0.1) is 6.92 Å². The maximum absolute atomic E-state index is 5.68. The number of piperazine rings is 1. The summed E-state index contributed by atoms with van der Waals surface area (Å²) in [5, 5.41) is 0. The monoisotopic (exact) mass is 277 g/mol. The van der Waals surface area contributed by atoms with Gasteiger partial charge in [0.15, 0.2) is 0 Å². The summed E-state index contributed by atoms with van der Waals surface area (Å²) in [4.78, 5) is 5.40. The molecule has 19 heavy (non-hydrogen) atoms. The van der Waals surface area contributed by atoms with Crippen molar-refractivity contribution in [3.63, 3.8) is 0 Å². The molecular weight excluding hydrogens is 254 g/mol. The molecule has 2 N–H and O–H groups in total. The van der Waals surface area contributed by atoms with E-state index in [9.17, 15) is 0 Å². The molecule has 3 nitrogen and oxygen atoms in total. The quantitative estimate of drug-likeness (QED) is 0.858. The third-order valence-electron chi connectivity index (χ3n) is 4.07. The summed E-state index contributed by atoms with van der Waals surface area (Å²) >= 11 is 5.03. The first-order valence-electron chi connectivity index (χ1n) is 6.88. The average Bonchev–Trinajstić information content (AvgIpc) is 2.39. The van der Waals surface area contributed by atoms with Crippen molar-refractivity contribution in [2.75, 3.05) is 31.6 Å². The molecule has 1 aromatic carbocycles. The van der Waals surface area contributed by atoms with E-state index in [4.69, 9.17) is 18.0 Å².